The standard InChI is InChI=1S/C15H16O3/c1-2-11-10-14(12-6-4-3-5-7-12)18-13(11)8-9-15(16)17/h3-7,13-14H,1,8-10H2,(H,16,17). The highest BCUT2D eigenvalue weighted by Gasteiger charge is 2.30. The highest BCUT2D eigenvalue weighted by Crippen LogP contribution is 2.37. The van der Waals surface area contributed by atoms with Gasteiger partial charge >= 0.3 is 5.97 Å². The zero-order chi connectivity index (χ0) is 13.0. The van der Waals surface area contributed by atoms with Gasteiger partial charge in [0.2, 0.25) is 0 Å². The summed E-state index contributed by atoms with van der Waals surface area (Å²) < 4.78 is 5.90. The molecule has 1 saturated heterocycles. The van der Waals surface area contributed by atoms with E-state index in [4.69, 9.17) is 9.84 Å². The number of ether oxygens (including phenoxy) is 1. The molecule has 0 bridgehead atoms. The predicted molar refractivity (Wildman–Crippen MR) is 68.2 cm³/mol. The first-order valence-electron chi connectivity index (χ1n) is 6.01. The smallest absolute Gasteiger partial charge is 0.303 e. The van der Waals surface area contributed by atoms with E-state index in [0.717, 1.165) is 17.6 Å². The Morgan fingerprint density at radius 2 is 2.17 bits per heavy atom. The molecule has 18 heavy (non-hydrogen) atoms. The molecule has 0 aromatic heterocycles. The molecule has 2 rings (SSSR count). The minimum absolute atomic E-state index is 0.00533. The van der Waals surface area contributed by atoms with Gasteiger partial charge in [-0.3, -0.25) is 4.79 Å². The zero-order valence-electron chi connectivity index (χ0n) is 10.1. The Bertz CT molecular complexity index is 472. The highest BCUT2D eigenvalue weighted by atomic mass is 16.5. The van der Waals surface area contributed by atoms with E-state index >= 15 is 0 Å². The van der Waals surface area contributed by atoms with Crippen LogP contribution in [-0.4, -0.2) is 17.2 Å². The Morgan fingerprint density at radius 1 is 1.44 bits per heavy atom. The van der Waals surface area contributed by atoms with Crippen LogP contribution in [0.3, 0.4) is 0 Å². The van der Waals surface area contributed by atoms with Crippen LogP contribution in [0, 0.1) is 0 Å². The van der Waals surface area contributed by atoms with E-state index in [0.29, 0.717) is 6.42 Å². The molecule has 0 saturated carbocycles. The van der Waals surface area contributed by atoms with Crippen LogP contribution in [0.2, 0.25) is 0 Å². The van der Waals surface area contributed by atoms with E-state index in [2.05, 4.69) is 12.3 Å². The zero-order valence-corrected chi connectivity index (χ0v) is 10.1. The monoisotopic (exact) mass is 244 g/mol. The van der Waals surface area contributed by atoms with Crippen molar-refractivity contribution in [2.24, 2.45) is 0 Å². The third kappa shape index (κ3) is 2.89. The van der Waals surface area contributed by atoms with Crippen molar-refractivity contribution in [1.82, 2.24) is 0 Å². The Kier molecular flexibility index (Phi) is 3.98. The Morgan fingerprint density at radius 3 is 2.78 bits per heavy atom. The highest BCUT2D eigenvalue weighted by molar-refractivity contribution is 5.66. The average Bonchev–Trinajstić information content (AvgIpc) is 2.80. The lowest BCUT2D eigenvalue weighted by Crippen LogP contribution is -2.10. The molecule has 1 aliphatic rings. The summed E-state index contributed by atoms with van der Waals surface area (Å²) in [6, 6.07) is 9.95. The maximum absolute atomic E-state index is 10.6. The second-order valence-electron chi connectivity index (χ2n) is 4.36. The van der Waals surface area contributed by atoms with Gasteiger partial charge in [0.15, 0.2) is 0 Å². The van der Waals surface area contributed by atoms with Crippen molar-refractivity contribution in [3.05, 3.63) is 53.8 Å². The number of hydrogen-bond donors (Lipinski definition) is 1. The summed E-state index contributed by atoms with van der Waals surface area (Å²) in [4.78, 5) is 10.6. The number of hydrogen-bond acceptors (Lipinski definition) is 2. The molecule has 0 radical (unpaired) electrons. The van der Waals surface area contributed by atoms with Crippen molar-refractivity contribution in [3.8, 4) is 0 Å². The summed E-state index contributed by atoms with van der Waals surface area (Å²) >= 11 is 0. The van der Waals surface area contributed by atoms with Crippen LogP contribution < -0.4 is 0 Å². The molecule has 3 heteroatoms. The molecule has 1 aliphatic heterocycles. The summed E-state index contributed by atoms with van der Waals surface area (Å²) in [5, 5.41) is 8.71. The molecule has 3 nitrogen and oxygen atoms in total. The lowest BCUT2D eigenvalue weighted by atomic mass is 10.0. The molecule has 0 amide bonds. The quantitative estimate of drug-likeness (QED) is 0.828. The van der Waals surface area contributed by atoms with E-state index in [-0.39, 0.29) is 18.6 Å². The summed E-state index contributed by atoms with van der Waals surface area (Å²) in [5.74, 6) is -0.801. The van der Waals surface area contributed by atoms with E-state index in [1.54, 1.807) is 0 Å². The van der Waals surface area contributed by atoms with Crippen molar-refractivity contribution < 1.29 is 14.6 Å². The number of aliphatic carboxylic acids is 1. The Balaban J connectivity index is 2.07. The van der Waals surface area contributed by atoms with Crippen LogP contribution >= 0.6 is 0 Å². The van der Waals surface area contributed by atoms with Crippen LogP contribution in [0.5, 0.6) is 0 Å². The molecule has 1 aromatic rings. The summed E-state index contributed by atoms with van der Waals surface area (Å²) in [6.07, 6.45) is 1.17. The lowest BCUT2D eigenvalue weighted by molar-refractivity contribution is -0.137. The SMILES string of the molecule is C=C=C1CC(c2ccccc2)OC1CCC(=O)O. The molecule has 0 aliphatic carbocycles. The number of carboxylic acid groups (broad SMARTS) is 1. The second kappa shape index (κ2) is 5.67. The van der Waals surface area contributed by atoms with Gasteiger partial charge in [-0.2, -0.15) is 0 Å². The number of rotatable bonds is 4. The van der Waals surface area contributed by atoms with E-state index < -0.39 is 5.97 Å². The molecular formula is C15H16O3. The summed E-state index contributed by atoms with van der Waals surface area (Å²) in [6.45, 7) is 3.66. The van der Waals surface area contributed by atoms with Gasteiger partial charge in [-0.1, -0.05) is 36.9 Å². The van der Waals surface area contributed by atoms with Gasteiger partial charge in [0.05, 0.1) is 12.2 Å². The van der Waals surface area contributed by atoms with Crippen molar-refractivity contribution >= 4 is 5.97 Å². The fraction of sp³-hybridized carbons (Fsp3) is 0.333. The molecule has 2 atom stereocenters. The minimum Gasteiger partial charge on any atom is -0.481 e. The van der Waals surface area contributed by atoms with E-state index in [1.807, 2.05) is 30.3 Å². The normalized spacial score (nSPS) is 22.8. The molecule has 1 fully saturated rings. The number of carbonyl (C=O) groups is 1. The van der Waals surface area contributed by atoms with Gasteiger partial charge in [0.1, 0.15) is 0 Å². The fourth-order valence-electron chi connectivity index (χ4n) is 2.21. The molecule has 0 spiro atoms. The van der Waals surface area contributed by atoms with Crippen LogP contribution in [-0.2, 0) is 9.53 Å². The summed E-state index contributed by atoms with van der Waals surface area (Å²) in [7, 11) is 0. The Labute approximate surface area is 106 Å². The van der Waals surface area contributed by atoms with E-state index in [1.165, 1.54) is 0 Å². The first kappa shape index (κ1) is 12.6. The third-order valence-corrected chi connectivity index (χ3v) is 3.14. The van der Waals surface area contributed by atoms with Gasteiger partial charge < -0.3 is 9.84 Å². The number of carboxylic acids is 1. The van der Waals surface area contributed by atoms with Crippen LogP contribution in [0.1, 0.15) is 30.9 Å². The van der Waals surface area contributed by atoms with Crippen LogP contribution in [0.15, 0.2) is 48.2 Å². The van der Waals surface area contributed by atoms with Crippen molar-refractivity contribution in [2.75, 3.05) is 0 Å². The Hall–Kier alpha value is -1.83. The fourth-order valence-corrected chi connectivity index (χ4v) is 2.21. The van der Waals surface area contributed by atoms with Gasteiger partial charge in [-0.15, -0.1) is 5.73 Å². The molecule has 1 heterocycles. The van der Waals surface area contributed by atoms with Gasteiger partial charge in [-0.25, -0.2) is 0 Å². The molecular weight excluding hydrogens is 228 g/mol. The predicted octanol–water partition coefficient (Wildman–Crippen LogP) is 3.09. The van der Waals surface area contributed by atoms with Crippen molar-refractivity contribution in [3.63, 3.8) is 0 Å². The first-order valence-corrected chi connectivity index (χ1v) is 6.01. The van der Waals surface area contributed by atoms with Crippen LogP contribution in [0.4, 0.5) is 0 Å². The molecule has 94 valence electrons. The van der Waals surface area contributed by atoms with Gasteiger partial charge in [0, 0.05) is 18.4 Å². The maximum Gasteiger partial charge on any atom is 0.303 e. The van der Waals surface area contributed by atoms with E-state index in [9.17, 15) is 4.79 Å². The average molecular weight is 244 g/mol. The van der Waals surface area contributed by atoms with Crippen molar-refractivity contribution in [1.29, 1.82) is 0 Å². The topological polar surface area (TPSA) is 46.5 Å². The van der Waals surface area contributed by atoms with Crippen molar-refractivity contribution in [2.45, 2.75) is 31.5 Å². The summed E-state index contributed by atoms with van der Waals surface area (Å²) in [5.41, 5.74) is 4.98. The van der Waals surface area contributed by atoms with Crippen LogP contribution in [0.25, 0.3) is 0 Å². The first-order chi connectivity index (χ1) is 8.70. The largest absolute Gasteiger partial charge is 0.481 e. The lowest BCUT2D eigenvalue weighted by Gasteiger charge is -2.12. The molecule has 1 N–H and O–H groups in total. The van der Waals surface area contributed by atoms with Gasteiger partial charge in [0.25, 0.3) is 0 Å². The maximum atomic E-state index is 10.6. The third-order valence-electron chi connectivity index (χ3n) is 3.14. The second-order valence-corrected chi connectivity index (χ2v) is 4.36. The minimum atomic E-state index is -0.801. The molecule has 2 unspecified atom stereocenters. The van der Waals surface area contributed by atoms with Gasteiger partial charge in [-0.05, 0) is 12.0 Å². The molecule has 1 aromatic carbocycles. The number of benzene rings is 1.